The van der Waals surface area contributed by atoms with Crippen LogP contribution in [-0.2, 0) is 4.79 Å². The highest BCUT2D eigenvalue weighted by Gasteiger charge is 2.09. The predicted octanol–water partition coefficient (Wildman–Crippen LogP) is 4.60. The summed E-state index contributed by atoms with van der Waals surface area (Å²) < 4.78 is 0. The van der Waals surface area contributed by atoms with Crippen molar-refractivity contribution in [1.82, 2.24) is 9.97 Å². The van der Waals surface area contributed by atoms with Gasteiger partial charge in [0.05, 0.1) is 21.8 Å². The highest BCUT2D eigenvalue weighted by molar-refractivity contribution is 8.00. The summed E-state index contributed by atoms with van der Waals surface area (Å²) in [5, 5.41) is 3.90. The fraction of sp³-hybridized carbons (Fsp3) is 0.0667. The van der Waals surface area contributed by atoms with E-state index in [9.17, 15) is 4.79 Å². The number of anilines is 1. The molecule has 0 aliphatic rings. The molecule has 0 unspecified atom stereocenters. The van der Waals surface area contributed by atoms with Crippen LogP contribution in [0.3, 0.4) is 0 Å². The molecule has 3 rings (SSSR count). The first-order valence-corrected chi connectivity index (χ1v) is 8.18. The van der Waals surface area contributed by atoms with E-state index in [0.29, 0.717) is 16.0 Å². The molecule has 0 spiro atoms. The van der Waals surface area contributed by atoms with Crippen LogP contribution in [0.15, 0.2) is 47.4 Å². The van der Waals surface area contributed by atoms with Crippen LogP contribution in [-0.4, -0.2) is 21.6 Å². The lowest BCUT2D eigenvalue weighted by Gasteiger charge is -2.04. The molecule has 0 atom stereocenters. The summed E-state index contributed by atoms with van der Waals surface area (Å²) in [4.78, 5) is 20.1. The zero-order valence-corrected chi connectivity index (χ0v) is 13.6. The number of imidazole rings is 1. The Labute approximate surface area is 141 Å². The molecule has 1 amide bonds. The van der Waals surface area contributed by atoms with Gasteiger partial charge in [0.2, 0.25) is 11.9 Å². The van der Waals surface area contributed by atoms with Gasteiger partial charge in [0.1, 0.15) is 0 Å². The molecular formula is C15H11Cl2N3OS. The zero-order valence-electron chi connectivity index (χ0n) is 11.3. The highest BCUT2D eigenvalue weighted by atomic mass is 35.5. The summed E-state index contributed by atoms with van der Waals surface area (Å²) in [6.07, 6.45) is 0. The van der Waals surface area contributed by atoms with Crippen molar-refractivity contribution in [1.29, 1.82) is 0 Å². The second-order valence-corrected chi connectivity index (χ2v) is 6.37. The quantitative estimate of drug-likeness (QED) is 0.675. The lowest BCUT2D eigenvalue weighted by Crippen LogP contribution is -2.14. The van der Waals surface area contributed by atoms with Crippen molar-refractivity contribution >= 4 is 57.9 Å². The second kappa shape index (κ2) is 6.60. The Morgan fingerprint density at radius 1 is 1.23 bits per heavy atom. The monoisotopic (exact) mass is 351 g/mol. The number of thioether (sulfide) groups is 1. The minimum atomic E-state index is -0.167. The van der Waals surface area contributed by atoms with Gasteiger partial charge in [-0.05, 0) is 30.3 Å². The summed E-state index contributed by atoms with van der Waals surface area (Å²) >= 11 is 13.3. The topological polar surface area (TPSA) is 57.8 Å². The average Bonchev–Trinajstić information content (AvgIpc) is 2.90. The van der Waals surface area contributed by atoms with Crippen molar-refractivity contribution in [3.8, 4) is 0 Å². The summed E-state index contributed by atoms with van der Waals surface area (Å²) in [5.74, 6) is 0.487. The van der Waals surface area contributed by atoms with Gasteiger partial charge in [-0.15, -0.1) is 11.8 Å². The first-order valence-electron chi connectivity index (χ1n) is 6.44. The molecular weight excluding hydrogens is 341 g/mol. The fourth-order valence-corrected chi connectivity index (χ4v) is 3.20. The zero-order chi connectivity index (χ0) is 15.5. The third-order valence-electron chi connectivity index (χ3n) is 2.90. The number of carbonyl (C=O) groups excluding carboxylic acids is 1. The number of fused-ring (bicyclic) bond motifs is 1. The van der Waals surface area contributed by atoms with Crippen molar-refractivity contribution in [3.63, 3.8) is 0 Å². The van der Waals surface area contributed by atoms with E-state index >= 15 is 0 Å². The number of halogens is 2. The number of aromatic nitrogens is 2. The number of carbonyl (C=O) groups is 1. The fourth-order valence-electron chi connectivity index (χ4n) is 1.91. The van der Waals surface area contributed by atoms with Crippen molar-refractivity contribution in [3.05, 3.63) is 52.5 Å². The van der Waals surface area contributed by atoms with E-state index < -0.39 is 0 Å². The number of hydrogen-bond donors (Lipinski definition) is 2. The van der Waals surface area contributed by atoms with Crippen LogP contribution < -0.4 is 5.32 Å². The van der Waals surface area contributed by atoms with E-state index in [1.165, 1.54) is 11.8 Å². The molecule has 0 saturated heterocycles. The Bertz CT molecular complexity index is 802. The van der Waals surface area contributed by atoms with Gasteiger partial charge < -0.3 is 4.98 Å². The average molecular weight is 352 g/mol. The van der Waals surface area contributed by atoms with Gasteiger partial charge in [0, 0.05) is 9.92 Å². The van der Waals surface area contributed by atoms with Gasteiger partial charge >= 0.3 is 0 Å². The summed E-state index contributed by atoms with van der Waals surface area (Å²) in [6, 6.07) is 12.7. The molecule has 1 heterocycles. The Kier molecular flexibility index (Phi) is 4.57. The molecule has 4 nitrogen and oxygen atoms in total. The molecule has 112 valence electrons. The minimum absolute atomic E-state index is 0.167. The maximum absolute atomic E-state index is 12.0. The van der Waals surface area contributed by atoms with E-state index in [1.54, 1.807) is 18.2 Å². The lowest BCUT2D eigenvalue weighted by atomic mass is 10.3. The van der Waals surface area contributed by atoms with Crippen LogP contribution in [0.25, 0.3) is 11.0 Å². The van der Waals surface area contributed by atoms with E-state index in [0.717, 1.165) is 15.9 Å². The molecule has 3 aromatic rings. The van der Waals surface area contributed by atoms with Gasteiger partial charge in [-0.1, -0.05) is 35.3 Å². The van der Waals surface area contributed by atoms with Crippen molar-refractivity contribution < 1.29 is 4.79 Å². The van der Waals surface area contributed by atoms with Crippen LogP contribution in [0.5, 0.6) is 0 Å². The van der Waals surface area contributed by atoms with Crippen molar-refractivity contribution in [2.24, 2.45) is 0 Å². The molecule has 0 aliphatic heterocycles. The van der Waals surface area contributed by atoms with E-state index in [1.807, 2.05) is 24.3 Å². The molecule has 2 N–H and O–H groups in total. The number of para-hydroxylation sites is 2. The molecule has 22 heavy (non-hydrogen) atoms. The third kappa shape index (κ3) is 3.55. The Morgan fingerprint density at radius 3 is 2.86 bits per heavy atom. The molecule has 2 aromatic carbocycles. The molecule has 0 aliphatic carbocycles. The van der Waals surface area contributed by atoms with Gasteiger partial charge in [0.15, 0.2) is 0 Å². The summed E-state index contributed by atoms with van der Waals surface area (Å²) in [7, 11) is 0. The summed E-state index contributed by atoms with van der Waals surface area (Å²) in [6.45, 7) is 0. The predicted molar refractivity (Wildman–Crippen MR) is 91.9 cm³/mol. The minimum Gasteiger partial charge on any atom is -0.324 e. The molecule has 1 aromatic heterocycles. The summed E-state index contributed by atoms with van der Waals surface area (Å²) in [5.41, 5.74) is 1.69. The van der Waals surface area contributed by atoms with Crippen LogP contribution in [0, 0.1) is 0 Å². The maximum atomic E-state index is 12.0. The lowest BCUT2D eigenvalue weighted by molar-refractivity contribution is -0.113. The number of amides is 1. The number of nitrogens with one attached hydrogen (secondary N) is 2. The normalized spacial score (nSPS) is 10.8. The third-order valence-corrected chi connectivity index (χ3v) is 4.63. The standard InChI is InChI=1S/C15H11Cl2N3OS/c16-9-5-6-10(17)13(7-9)22-8-14(21)20-15-18-11-3-1-2-4-12(11)19-15/h1-7H,8H2,(H2,18,19,20,21). The molecule has 0 bridgehead atoms. The largest absolute Gasteiger partial charge is 0.324 e. The maximum Gasteiger partial charge on any atom is 0.237 e. The van der Waals surface area contributed by atoms with Crippen LogP contribution in [0.2, 0.25) is 10.0 Å². The van der Waals surface area contributed by atoms with Gasteiger partial charge in [-0.2, -0.15) is 0 Å². The van der Waals surface area contributed by atoms with E-state index in [2.05, 4.69) is 15.3 Å². The van der Waals surface area contributed by atoms with Crippen LogP contribution in [0.1, 0.15) is 0 Å². The van der Waals surface area contributed by atoms with Crippen molar-refractivity contribution in [2.75, 3.05) is 11.1 Å². The number of H-pyrrole nitrogens is 1. The first-order chi connectivity index (χ1) is 10.6. The second-order valence-electron chi connectivity index (χ2n) is 4.51. The van der Waals surface area contributed by atoms with Crippen LogP contribution in [0.4, 0.5) is 5.95 Å². The van der Waals surface area contributed by atoms with Gasteiger partial charge in [-0.3, -0.25) is 10.1 Å². The SMILES string of the molecule is O=C(CSc1cc(Cl)ccc1Cl)Nc1nc2ccccc2[nH]1. The van der Waals surface area contributed by atoms with Gasteiger partial charge in [-0.25, -0.2) is 4.98 Å². The Morgan fingerprint density at radius 2 is 2.05 bits per heavy atom. The van der Waals surface area contributed by atoms with E-state index in [-0.39, 0.29) is 11.7 Å². The number of rotatable bonds is 4. The number of nitrogens with zero attached hydrogens (tertiary/aromatic N) is 1. The smallest absolute Gasteiger partial charge is 0.237 e. The van der Waals surface area contributed by atoms with Crippen LogP contribution >= 0.6 is 35.0 Å². The van der Waals surface area contributed by atoms with Gasteiger partial charge in [0.25, 0.3) is 0 Å². The number of hydrogen-bond acceptors (Lipinski definition) is 3. The molecule has 0 radical (unpaired) electrons. The molecule has 7 heteroatoms. The van der Waals surface area contributed by atoms with Crippen molar-refractivity contribution in [2.45, 2.75) is 4.90 Å². The first kappa shape index (κ1) is 15.2. The highest BCUT2D eigenvalue weighted by Crippen LogP contribution is 2.29. The number of benzene rings is 2. The Balaban J connectivity index is 1.63. The number of aromatic amines is 1. The molecule has 0 fully saturated rings. The van der Waals surface area contributed by atoms with E-state index in [4.69, 9.17) is 23.2 Å². The Hall–Kier alpha value is -1.69. The molecule has 0 saturated carbocycles.